The first-order valence-corrected chi connectivity index (χ1v) is 5.68. The molecule has 0 radical (unpaired) electrons. The van der Waals surface area contributed by atoms with Crippen molar-refractivity contribution in [3.05, 3.63) is 0 Å². The molecule has 1 aliphatic rings. The van der Waals surface area contributed by atoms with Crippen LogP contribution in [0.3, 0.4) is 0 Å². The van der Waals surface area contributed by atoms with E-state index in [1.807, 2.05) is 14.2 Å². The fourth-order valence-corrected chi connectivity index (χ4v) is 1.96. The summed E-state index contributed by atoms with van der Waals surface area (Å²) in [5.74, 6) is 0. The van der Waals surface area contributed by atoms with Crippen LogP contribution >= 0.6 is 0 Å². The lowest BCUT2D eigenvalue weighted by atomic mass is 10.2. The van der Waals surface area contributed by atoms with E-state index < -0.39 is 0 Å². The van der Waals surface area contributed by atoms with E-state index >= 15 is 0 Å². The first kappa shape index (κ1) is 12.0. The van der Waals surface area contributed by atoms with Gasteiger partial charge in [-0.2, -0.15) is 0 Å². The first-order chi connectivity index (χ1) is 6.76. The molecule has 14 heavy (non-hydrogen) atoms. The number of ether oxygens (including phenoxy) is 1. The molecule has 0 bridgehead atoms. The SMILES string of the molecule is CNC(C)CCCN1CCC(OC)C1. The Bertz CT molecular complexity index is 152. The summed E-state index contributed by atoms with van der Waals surface area (Å²) in [6.07, 6.45) is 4.25. The van der Waals surface area contributed by atoms with Crippen LogP contribution in [0.2, 0.25) is 0 Å². The monoisotopic (exact) mass is 200 g/mol. The number of nitrogens with zero attached hydrogens (tertiary/aromatic N) is 1. The van der Waals surface area contributed by atoms with E-state index in [-0.39, 0.29) is 0 Å². The fraction of sp³-hybridized carbons (Fsp3) is 1.00. The largest absolute Gasteiger partial charge is 0.380 e. The van der Waals surface area contributed by atoms with Crippen molar-refractivity contribution in [1.29, 1.82) is 0 Å². The van der Waals surface area contributed by atoms with E-state index in [2.05, 4.69) is 17.1 Å². The Morgan fingerprint density at radius 1 is 1.57 bits per heavy atom. The number of hydrogen-bond acceptors (Lipinski definition) is 3. The maximum atomic E-state index is 5.34. The molecule has 1 saturated heterocycles. The van der Waals surface area contributed by atoms with Crippen molar-refractivity contribution in [2.75, 3.05) is 33.8 Å². The van der Waals surface area contributed by atoms with Crippen LogP contribution in [0, 0.1) is 0 Å². The molecule has 1 heterocycles. The fourth-order valence-electron chi connectivity index (χ4n) is 1.96. The molecular formula is C11H24N2O. The topological polar surface area (TPSA) is 24.5 Å². The molecule has 0 aliphatic carbocycles. The summed E-state index contributed by atoms with van der Waals surface area (Å²) < 4.78 is 5.34. The summed E-state index contributed by atoms with van der Waals surface area (Å²) in [6.45, 7) is 5.81. The van der Waals surface area contributed by atoms with Gasteiger partial charge in [-0.15, -0.1) is 0 Å². The molecule has 0 saturated carbocycles. The average Bonchev–Trinajstić information content (AvgIpc) is 2.65. The quantitative estimate of drug-likeness (QED) is 0.695. The Kier molecular flexibility index (Phi) is 5.45. The van der Waals surface area contributed by atoms with Crippen LogP contribution in [0.5, 0.6) is 0 Å². The standard InChI is InChI=1S/C11H24N2O/c1-10(12-2)5-4-7-13-8-6-11(9-13)14-3/h10-12H,4-9H2,1-3H3. The van der Waals surface area contributed by atoms with Crippen molar-refractivity contribution in [2.45, 2.75) is 38.3 Å². The maximum Gasteiger partial charge on any atom is 0.0710 e. The average molecular weight is 200 g/mol. The molecule has 3 heteroatoms. The van der Waals surface area contributed by atoms with Crippen LogP contribution in [0.25, 0.3) is 0 Å². The second-order valence-corrected chi connectivity index (χ2v) is 4.28. The molecule has 1 aliphatic heterocycles. The lowest BCUT2D eigenvalue weighted by Crippen LogP contribution is -2.26. The Hall–Kier alpha value is -0.120. The van der Waals surface area contributed by atoms with Crippen LogP contribution in [-0.4, -0.2) is 50.8 Å². The van der Waals surface area contributed by atoms with Crippen molar-refractivity contribution < 1.29 is 4.74 Å². The molecule has 2 atom stereocenters. The Morgan fingerprint density at radius 3 is 2.93 bits per heavy atom. The smallest absolute Gasteiger partial charge is 0.0710 e. The van der Waals surface area contributed by atoms with E-state index in [4.69, 9.17) is 4.74 Å². The molecule has 0 aromatic carbocycles. The normalized spacial score (nSPS) is 25.5. The minimum absolute atomic E-state index is 0.483. The van der Waals surface area contributed by atoms with Gasteiger partial charge in [-0.05, 0) is 39.8 Å². The zero-order valence-corrected chi connectivity index (χ0v) is 9.75. The van der Waals surface area contributed by atoms with Gasteiger partial charge in [0, 0.05) is 26.2 Å². The molecule has 1 rings (SSSR count). The van der Waals surface area contributed by atoms with Crippen molar-refractivity contribution >= 4 is 0 Å². The van der Waals surface area contributed by atoms with Crippen molar-refractivity contribution in [1.82, 2.24) is 10.2 Å². The lowest BCUT2D eigenvalue weighted by molar-refractivity contribution is 0.108. The van der Waals surface area contributed by atoms with Gasteiger partial charge in [-0.1, -0.05) is 0 Å². The van der Waals surface area contributed by atoms with Gasteiger partial charge in [0.2, 0.25) is 0 Å². The molecule has 2 unspecified atom stereocenters. The second kappa shape index (κ2) is 6.38. The summed E-state index contributed by atoms with van der Waals surface area (Å²) in [6, 6.07) is 0.649. The summed E-state index contributed by atoms with van der Waals surface area (Å²) in [4.78, 5) is 2.51. The Morgan fingerprint density at radius 2 is 2.36 bits per heavy atom. The molecule has 0 spiro atoms. The number of rotatable bonds is 6. The molecule has 1 N–H and O–H groups in total. The zero-order valence-electron chi connectivity index (χ0n) is 9.75. The molecular weight excluding hydrogens is 176 g/mol. The van der Waals surface area contributed by atoms with Gasteiger partial charge in [0.05, 0.1) is 6.10 Å². The van der Waals surface area contributed by atoms with Gasteiger partial charge < -0.3 is 15.0 Å². The third kappa shape index (κ3) is 3.95. The van der Waals surface area contributed by atoms with Crippen LogP contribution in [0.15, 0.2) is 0 Å². The van der Waals surface area contributed by atoms with Gasteiger partial charge in [0.1, 0.15) is 0 Å². The van der Waals surface area contributed by atoms with Crippen molar-refractivity contribution in [2.24, 2.45) is 0 Å². The van der Waals surface area contributed by atoms with E-state index in [9.17, 15) is 0 Å². The molecule has 0 aromatic heterocycles. The predicted molar refractivity (Wildman–Crippen MR) is 59.6 cm³/mol. The summed E-state index contributed by atoms with van der Waals surface area (Å²) >= 11 is 0. The van der Waals surface area contributed by atoms with E-state index in [1.165, 1.54) is 32.4 Å². The third-order valence-corrected chi connectivity index (χ3v) is 3.17. The number of nitrogens with one attached hydrogen (secondary N) is 1. The van der Waals surface area contributed by atoms with Crippen LogP contribution in [0.1, 0.15) is 26.2 Å². The Labute approximate surface area is 87.8 Å². The first-order valence-electron chi connectivity index (χ1n) is 5.68. The van der Waals surface area contributed by atoms with Crippen LogP contribution in [0.4, 0.5) is 0 Å². The summed E-state index contributed by atoms with van der Waals surface area (Å²) in [5, 5.41) is 3.27. The zero-order chi connectivity index (χ0) is 10.4. The highest BCUT2D eigenvalue weighted by Crippen LogP contribution is 2.12. The second-order valence-electron chi connectivity index (χ2n) is 4.28. The maximum absolute atomic E-state index is 5.34. The van der Waals surface area contributed by atoms with E-state index in [0.717, 1.165) is 6.54 Å². The van der Waals surface area contributed by atoms with Crippen molar-refractivity contribution in [3.63, 3.8) is 0 Å². The number of methoxy groups -OCH3 is 1. The highest BCUT2D eigenvalue weighted by atomic mass is 16.5. The van der Waals surface area contributed by atoms with Crippen LogP contribution in [-0.2, 0) is 4.74 Å². The molecule has 0 amide bonds. The minimum atomic E-state index is 0.483. The summed E-state index contributed by atoms with van der Waals surface area (Å²) in [7, 11) is 3.85. The van der Waals surface area contributed by atoms with Gasteiger partial charge in [-0.3, -0.25) is 0 Å². The van der Waals surface area contributed by atoms with Gasteiger partial charge in [-0.25, -0.2) is 0 Å². The van der Waals surface area contributed by atoms with E-state index in [0.29, 0.717) is 12.1 Å². The van der Waals surface area contributed by atoms with Gasteiger partial charge in [0.15, 0.2) is 0 Å². The Balaban J connectivity index is 2.03. The molecule has 84 valence electrons. The highest BCUT2D eigenvalue weighted by molar-refractivity contribution is 4.75. The summed E-state index contributed by atoms with van der Waals surface area (Å²) in [5.41, 5.74) is 0. The van der Waals surface area contributed by atoms with Gasteiger partial charge in [0.25, 0.3) is 0 Å². The highest BCUT2D eigenvalue weighted by Gasteiger charge is 2.21. The van der Waals surface area contributed by atoms with Crippen LogP contribution < -0.4 is 5.32 Å². The molecule has 3 nitrogen and oxygen atoms in total. The van der Waals surface area contributed by atoms with E-state index in [1.54, 1.807) is 0 Å². The van der Waals surface area contributed by atoms with Gasteiger partial charge >= 0.3 is 0 Å². The number of hydrogen-bond donors (Lipinski definition) is 1. The molecule has 0 aromatic rings. The lowest BCUT2D eigenvalue weighted by Gasteiger charge is -2.16. The number of likely N-dealkylation sites (tertiary alicyclic amines) is 1. The molecule has 1 fully saturated rings. The third-order valence-electron chi connectivity index (χ3n) is 3.17. The minimum Gasteiger partial charge on any atom is -0.380 e. The predicted octanol–water partition coefficient (Wildman–Crippen LogP) is 1.10. The van der Waals surface area contributed by atoms with Crippen molar-refractivity contribution in [3.8, 4) is 0 Å².